The highest BCUT2D eigenvalue weighted by Crippen LogP contribution is 2.39. The number of fused-ring (bicyclic) bond motifs is 1. The molecule has 0 aromatic carbocycles. The Morgan fingerprint density at radius 1 is 1.12 bits per heavy atom. The van der Waals surface area contributed by atoms with Crippen molar-refractivity contribution in [1.29, 1.82) is 0 Å². The van der Waals surface area contributed by atoms with Gasteiger partial charge in [-0.1, -0.05) is 46.5 Å². The Kier molecular flexibility index (Phi) is 6.40. The molecule has 142 valence electrons. The third-order valence-electron chi connectivity index (χ3n) is 6.89. The average molecular weight is 349 g/mol. The summed E-state index contributed by atoms with van der Waals surface area (Å²) in [5.74, 6) is 3.37. The summed E-state index contributed by atoms with van der Waals surface area (Å²) in [7, 11) is 0. The summed E-state index contributed by atoms with van der Waals surface area (Å²) in [4.78, 5) is 12.3. The Morgan fingerprint density at radius 2 is 1.88 bits per heavy atom. The van der Waals surface area contributed by atoms with Crippen molar-refractivity contribution in [2.24, 2.45) is 34.7 Å². The molecule has 3 rings (SSSR count). The van der Waals surface area contributed by atoms with Crippen molar-refractivity contribution in [2.45, 2.75) is 91.1 Å². The van der Waals surface area contributed by atoms with Gasteiger partial charge in [0.2, 0.25) is 0 Å². The molecule has 0 aliphatic heterocycles. The van der Waals surface area contributed by atoms with E-state index in [0.717, 1.165) is 43.2 Å². The first-order valence-corrected chi connectivity index (χ1v) is 10.5. The standard InChI is InChI=1S/C21H36N2O2/c1-14(2)19-11-8-15(3)12-20(19)25-21(24)23-22-18-10-9-16-6-4-5-7-17(16)13-18/h14-17,19-20H,4-13H2,1-3H3,(H,23,24)/b22-18-/t15-,16-,17+,19-,20-/m1/s1. The molecule has 0 radical (unpaired) electrons. The highest BCUT2D eigenvalue weighted by Gasteiger charge is 2.34. The second-order valence-corrected chi connectivity index (χ2v) is 9.11. The molecule has 0 aromatic heterocycles. The van der Waals surface area contributed by atoms with E-state index in [4.69, 9.17) is 4.74 Å². The summed E-state index contributed by atoms with van der Waals surface area (Å²) in [6, 6.07) is 0. The molecule has 3 fully saturated rings. The van der Waals surface area contributed by atoms with Gasteiger partial charge in [-0.2, -0.15) is 5.10 Å². The smallest absolute Gasteiger partial charge is 0.428 e. The first-order valence-electron chi connectivity index (χ1n) is 10.5. The number of hydrazone groups is 1. The summed E-state index contributed by atoms with van der Waals surface area (Å²) >= 11 is 0. The van der Waals surface area contributed by atoms with E-state index in [0.29, 0.717) is 17.8 Å². The highest BCUT2D eigenvalue weighted by molar-refractivity contribution is 5.86. The Balaban J connectivity index is 1.50. The lowest BCUT2D eigenvalue weighted by molar-refractivity contribution is 0.00629. The van der Waals surface area contributed by atoms with Gasteiger partial charge >= 0.3 is 6.09 Å². The van der Waals surface area contributed by atoms with E-state index in [-0.39, 0.29) is 12.2 Å². The molecule has 1 amide bonds. The van der Waals surface area contributed by atoms with Gasteiger partial charge in [-0.05, 0) is 68.1 Å². The Morgan fingerprint density at radius 3 is 2.64 bits per heavy atom. The molecule has 0 spiro atoms. The molecule has 3 aliphatic carbocycles. The fourth-order valence-corrected chi connectivity index (χ4v) is 5.33. The van der Waals surface area contributed by atoms with Gasteiger partial charge in [0, 0.05) is 5.71 Å². The van der Waals surface area contributed by atoms with Gasteiger partial charge in [0.05, 0.1) is 0 Å². The van der Waals surface area contributed by atoms with Crippen LogP contribution in [0.5, 0.6) is 0 Å². The second-order valence-electron chi connectivity index (χ2n) is 9.11. The van der Waals surface area contributed by atoms with Crippen LogP contribution in [0.4, 0.5) is 4.79 Å². The van der Waals surface area contributed by atoms with Crippen molar-refractivity contribution in [3.05, 3.63) is 0 Å². The summed E-state index contributed by atoms with van der Waals surface area (Å²) in [5.41, 5.74) is 3.86. The van der Waals surface area contributed by atoms with Gasteiger partial charge in [-0.25, -0.2) is 10.2 Å². The number of ether oxygens (including phenoxy) is 1. The largest absolute Gasteiger partial charge is 0.445 e. The number of hydrogen-bond acceptors (Lipinski definition) is 3. The molecule has 4 nitrogen and oxygen atoms in total. The molecule has 0 aromatic rings. The lowest BCUT2D eigenvalue weighted by Gasteiger charge is -2.36. The number of nitrogens with zero attached hydrogens (tertiary/aromatic N) is 1. The zero-order chi connectivity index (χ0) is 17.8. The van der Waals surface area contributed by atoms with Crippen LogP contribution in [0.25, 0.3) is 0 Å². The molecule has 3 saturated carbocycles. The van der Waals surface area contributed by atoms with E-state index in [1.807, 2.05) is 0 Å². The second kappa shape index (κ2) is 8.55. The lowest BCUT2D eigenvalue weighted by atomic mass is 9.70. The summed E-state index contributed by atoms with van der Waals surface area (Å²) in [6.07, 6.45) is 11.9. The normalized spacial score (nSPS) is 37.6. The maximum Gasteiger partial charge on any atom is 0.428 e. The lowest BCUT2D eigenvalue weighted by Crippen LogP contribution is -2.38. The number of rotatable bonds is 3. The summed E-state index contributed by atoms with van der Waals surface area (Å²) in [5, 5.41) is 4.42. The molecule has 25 heavy (non-hydrogen) atoms. The van der Waals surface area contributed by atoms with Crippen molar-refractivity contribution in [3.8, 4) is 0 Å². The number of amides is 1. The molecule has 0 saturated heterocycles. The molecule has 4 heteroatoms. The topological polar surface area (TPSA) is 50.7 Å². The third-order valence-corrected chi connectivity index (χ3v) is 6.89. The van der Waals surface area contributed by atoms with Crippen LogP contribution in [0.2, 0.25) is 0 Å². The van der Waals surface area contributed by atoms with Gasteiger partial charge < -0.3 is 4.74 Å². The van der Waals surface area contributed by atoms with Gasteiger partial charge in [0.25, 0.3) is 0 Å². The Hall–Kier alpha value is -1.06. The van der Waals surface area contributed by atoms with E-state index in [9.17, 15) is 4.79 Å². The van der Waals surface area contributed by atoms with Gasteiger partial charge in [-0.3, -0.25) is 0 Å². The van der Waals surface area contributed by atoms with Crippen LogP contribution in [-0.4, -0.2) is 17.9 Å². The fourth-order valence-electron chi connectivity index (χ4n) is 5.33. The highest BCUT2D eigenvalue weighted by atomic mass is 16.6. The summed E-state index contributed by atoms with van der Waals surface area (Å²) < 4.78 is 5.78. The van der Waals surface area contributed by atoms with Crippen LogP contribution in [0.3, 0.4) is 0 Å². The van der Waals surface area contributed by atoms with Gasteiger partial charge in [-0.15, -0.1) is 0 Å². The van der Waals surface area contributed by atoms with E-state index in [1.54, 1.807) is 0 Å². The van der Waals surface area contributed by atoms with Crippen molar-refractivity contribution in [3.63, 3.8) is 0 Å². The molecule has 0 bridgehead atoms. The summed E-state index contributed by atoms with van der Waals surface area (Å²) in [6.45, 7) is 6.73. The van der Waals surface area contributed by atoms with Crippen molar-refractivity contribution >= 4 is 11.8 Å². The van der Waals surface area contributed by atoms with Crippen molar-refractivity contribution in [2.75, 3.05) is 0 Å². The molecular formula is C21H36N2O2. The van der Waals surface area contributed by atoms with Crippen LogP contribution < -0.4 is 5.43 Å². The minimum Gasteiger partial charge on any atom is -0.445 e. The zero-order valence-corrected chi connectivity index (χ0v) is 16.3. The molecular weight excluding hydrogens is 312 g/mol. The third kappa shape index (κ3) is 4.98. The van der Waals surface area contributed by atoms with Crippen LogP contribution in [0.15, 0.2) is 5.10 Å². The van der Waals surface area contributed by atoms with E-state index < -0.39 is 0 Å². The Bertz CT molecular complexity index is 488. The maximum atomic E-state index is 12.3. The van der Waals surface area contributed by atoms with Gasteiger partial charge in [0.15, 0.2) is 0 Å². The number of carbonyl (C=O) groups is 1. The quantitative estimate of drug-likeness (QED) is 0.683. The SMILES string of the molecule is CC(C)[C@H]1CC[C@@H](C)C[C@H]1OC(=O)N/N=C1/CC[C@H]2CCCC[C@H]2C1. The molecule has 0 unspecified atom stereocenters. The first-order chi connectivity index (χ1) is 12.0. The van der Waals surface area contributed by atoms with E-state index in [1.165, 1.54) is 38.5 Å². The molecule has 1 N–H and O–H groups in total. The predicted molar refractivity (Wildman–Crippen MR) is 101 cm³/mol. The maximum absolute atomic E-state index is 12.3. The van der Waals surface area contributed by atoms with Gasteiger partial charge in [0.1, 0.15) is 6.10 Å². The van der Waals surface area contributed by atoms with E-state index >= 15 is 0 Å². The fraction of sp³-hybridized carbons (Fsp3) is 0.905. The average Bonchev–Trinajstić information content (AvgIpc) is 2.59. The van der Waals surface area contributed by atoms with Crippen LogP contribution in [-0.2, 0) is 4.74 Å². The van der Waals surface area contributed by atoms with Crippen LogP contribution in [0, 0.1) is 29.6 Å². The monoisotopic (exact) mass is 348 g/mol. The first kappa shape index (κ1) is 18.7. The molecule has 0 heterocycles. The molecule has 5 atom stereocenters. The van der Waals surface area contributed by atoms with Crippen LogP contribution >= 0.6 is 0 Å². The zero-order valence-electron chi connectivity index (χ0n) is 16.3. The number of hydrogen-bond donors (Lipinski definition) is 1. The predicted octanol–water partition coefficient (Wildman–Crippen LogP) is 5.52. The van der Waals surface area contributed by atoms with Crippen LogP contribution in [0.1, 0.15) is 85.0 Å². The molecule has 3 aliphatic rings. The van der Waals surface area contributed by atoms with Crippen molar-refractivity contribution < 1.29 is 9.53 Å². The van der Waals surface area contributed by atoms with E-state index in [2.05, 4.69) is 31.3 Å². The minimum atomic E-state index is -0.358. The number of nitrogens with one attached hydrogen (secondary N) is 1. The Labute approximate surface area is 153 Å². The number of carbonyl (C=O) groups excluding carboxylic acids is 1. The minimum absolute atomic E-state index is 0.0398. The van der Waals surface area contributed by atoms with Crippen molar-refractivity contribution in [1.82, 2.24) is 5.43 Å².